The van der Waals surface area contributed by atoms with Crippen molar-refractivity contribution >= 4 is 0 Å². The lowest BCUT2D eigenvalue weighted by molar-refractivity contribution is 0.117. The molecule has 0 amide bonds. The maximum Gasteiger partial charge on any atom is 0.0839 e. The fourth-order valence-corrected chi connectivity index (χ4v) is 1.98. The van der Waals surface area contributed by atoms with Gasteiger partial charge in [-0.1, -0.05) is 27.7 Å². The Morgan fingerprint density at radius 3 is 1.73 bits per heavy atom. The number of nitrogens with one attached hydrogen (secondary N) is 1. The lowest BCUT2D eigenvalue weighted by Crippen LogP contribution is -2.40. The minimum atomic E-state index is -0.286. The second-order valence-corrected chi connectivity index (χ2v) is 5.21. The Hall–Kier alpha value is -0.240. The molecule has 1 saturated heterocycles. The smallest absolute Gasteiger partial charge is 0.0839 e. The summed E-state index contributed by atoms with van der Waals surface area (Å²) < 4.78 is 5.22. The van der Waals surface area contributed by atoms with Gasteiger partial charge < -0.3 is 31.1 Å². The van der Waals surface area contributed by atoms with Crippen molar-refractivity contribution in [1.29, 1.82) is 0 Å². The standard InChI is InChI=1S/C8H19NO2.C6H12O.C2H7NO/c1-3-7(8(11)4-2)9-5-6-10;1-3-5-6(4-2)7-5;3-1-2-4/h7-11H,3-6H2,1-2H3;5-6H,3-4H2,1-2H3;4H,1-3H2. The van der Waals surface area contributed by atoms with E-state index in [-0.39, 0.29) is 25.4 Å². The van der Waals surface area contributed by atoms with Crippen LogP contribution in [0.25, 0.3) is 0 Å². The number of aliphatic hydroxyl groups is 3. The maximum atomic E-state index is 9.40. The van der Waals surface area contributed by atoms with E-state index in [2.05, 4.69) is 19.2 Å². The molecule has 1 rings (SSSR count). The van der Waals surface area contributed by atoms with Crippen LogP contribution in [0.3, 0.4) is 0 Å². The zero-order chi connectivity index (χ0) is 17.4. The van der Waals surface area contributed by atoms with Crippen LogP contribution in [0.1, 0.15) is 53.4 Å². The van der Waals surface area contributed by atoms with Crippen LogP contribution in [-0.4, -0.2) is 66.0 Å². The molecule has 6 heteroatoms. The van der Waals surface area contributed by atoms with Gasteiger partial charge in [0.15, 0.2) is 0 Å². The lowest BCUT2D eigenvalue weighted by Gasteiger charge is -2.21. The van der Waals surface area contributed by atoms with Gasteiger partial charge in [0.05, 0.1) is 31.5 Å². The van der Waals surface area contributed by atoms with Crippen LogP contribution in [-0.2, 0) is 4.74 Å². The highest BCUT2D eigenvalue weighted by atomic mass is 16.6. The molecule has 0 aromatic heterocycles. The molecule has 22 heavy (non-hydrogen) atoms. The van der Waals surface area contributed by atoms with Gasteiger partial charge in [-0.25, -0.2) is 0 Å². The van der Waals surface area contributed by atoms with Gasteiger partial charge in [-0.2, -0.15) is 0 Å². The maximum absolute atomic E-state index is 9.40. The predicted octanol–water partition coefficient (Wildman–Crippen LogP) is 0.629. The first-order valence-corrected chi connectivity index (χ1v) is 8.54. The van der Waals surface area contributed by atoms with Gasteiger partial charge in [0.2, 0.25) is 0 Å². The number of nitrogens with two attached hydrogens (primary N) is 1. The van der Waals surface area contributed by atoms with E-state index in [0.29, 0.717) is 25.3 Å². The summed E-state index contributed by atoms with van der Waals surface area (Å²) in [6, 6.07) is 0.132. The molecule has 1 aliphatic heterocycles. The molecular formula is C16H38N2O4. The second-order valence-electron chi connectivity index (χ2n) is 5.21. The Labute approximate surface area is 136 Å². The summed E-state index contributed by atoms with van der Waals surface area (Å²) in [5.41, 5.74) is 4.78. The van der Waals surface area contributed by atoms with E-state index in [1.165, 1.54) is 12.8 Å². The van der Waals surface area contributed by atoms with Crippen LogP contribution in [0, 0.1) is 0 Å². The fourth-order valence-electron chi connectivity index (χ4n) is 1.98. The average molecular weight is 322 g/mol. The van der Waals surface area contributed by atoms with E-state index in [9.17, 15) is 5.11 Å². The van der Waals surface area contributed by atoms with Crippen molar-refractivity contribution in [3.8, 4) is 0 Å². The molecule has 0 aromatic rings. The molecule has 0 spiro atoms. The monoisotopic (exact) mass is 322 g/mol. The van der Waals surface area contributed by atoms with Crippen molar-refractivity contribution in [2.45, 2.75) is 77.7 Å². The number of epoxide rings is 1. The quantitative estimate of drug-likeness (QED) is 0.398. The van der Waals surface area contributed by atoms with Crippen LogP contribution < -0.4 is 11.1 Å². The minimum Gasteiger partial charge on any atom is -0.395 e. The molecule has 1 aliphatic rings. The van der Waals surface area contributed by atoms with Gasteiger partial charge in [-0.3, -0.25) is 0 Å². The molecule has 0 saturated carbocycles. The first-order chi connectivity index (χ1) is 10.6. The van der Waals surface area contributed by atoms with E-state index in [1.807, 2.05) is 13.8 Å². The van der Waals surface area contributed by atoms with Crippen LogP contribution >= 0.6 is 0 Å². The lowest BCUT2D eigenvalue weighted by atomic mass is 10.1. The zero-order valence-electron chi connectivity index (χ0n) is 14.8. The summed E-state index contributed by atoms with van der Waals surface area (Å²) in [4.78, 5) is 0. The van der Waals surface area contributed by atoms with Crippen LogP contribution in [0.2, 0.25) is 0 Å². The Bertz CT molecular complexity index is 210. The van der Waals surface area contributed by atoms with Gasteiger partial charge in [0.1, 0.15) is 0 Å². The largest absolute Gasteiger partial charge is 0.395 e. The van der Waals surface area contributed by atoms with Gasteiger partial charge >= 0.3 is 0 Å². The van der Waals surface area contributed by atoms with Crippen molar-refractivity contribution in [3.05, 3.63) is 0 Å². The molecule has 0 aromatic carbocycles. The zero-order valence-corrected chi connectivity index (χ0v) is 14.8. The minimum absolute atomic E-state index is 0.0972. The highest BCUT2D eigenvalue weighted by Gasteiger charge is 2.34. The van der Waals surface area contributed by atoms with E-state index in [1.54, 1.807) is 0 Å². The van der Waals surface area contributed by atoms with E-state index < -0.39 is 0 Å². The molecule has 0 aliphatic carbocycles. The second kappa shape index (κ2) is 17.1. The van der Waals surface area contributed by atoms with Crippen LogP contribution in [0.5, 0.6) is 0 Å². The summed E-state index contributed by atoms with van der Waals surface area (Å²) in [7, 11) is 0. The SMILES string of the molecule is CCC(O)C(CC)NCCO.CCC1OC1CC.NCCO. The van der Waals surface area contributed by atoms with Crippen LogP contribution in [0.4, 0.5) is 0 Å². The number of hydrogen-bond acceptors (Lipinski definition) is 6. The van der Waals surface area contributed by atoms with Crippen LogP contribution in [0.15, 0.2) is 0 Å². The highest BCUT2D eigenvalue weighted by molar-refractivity contribution is 4.81. The fraction of sp³-hybridized carbons (Fsp3) is 1.00. The molecule has 136 valence electrons. The number of rotatable bonds is 9. The van der Waals surface area contributed by atoms with Crippen molar-refractivity contribution in [1.82, 2.24) is 5.32 Å². The molecule has 0 bridgehead atoms. The number of aliphatic hydroxyl groups excluding tert-OH is 3. The molecule has 4 unspecified atom stereocenters. The Morgan fingerprint density at radius 1 is 1.00 bits per heavy atom. The molecule has 4 atom stereocenters. The van der Waals surface area contributed by atoms with Crippen molar-refractivity contribution < 1.29 is 20.1 Å². The third-order valence-corrected chi connectivity index (χ3v) is 3.46. The Kier molecular flexibility index (Phi) is 18.7. The summed E-state index contributed by atoms with van der Waals surface area (Å²) in [5, 5.41) is 28.7. The molecule has 6 nitrogen and oxygen atoms in total. The normalized spacial score (nSPS) is 21.8. The van der Waals surface area contributed by atoms with E-state index in [0.717, 1.165) is 12.8 Å². The van der Waals surface area contributed by atoms with Crippen molar-refractivity contribution in [3.63, 3.8) is 0 Å². The van der Waals surface area contributed by atoms with Gasteiger partial charge in [-0.05, 0) is 25.7 Å². The molecule has 6 N–H and O–H groups in total. The molecule has 1 fully saturated rings. The van der Waals surface area contributed by atoms with E-state index >= 15 is 0 Å². The third kappa shape index (κ3) is 13.4. The topological polar surface area (TPSA) is 111 Å². The number of ether oxygens (including phenoxy) is 1. The van der Waals surface area contributed by atoms with Crippen molar-refractivity contribution in [2.24, 2.45) is 5.73 Å². The van der Waals surface area contributed by atoms with Gasteiger partial charge in [0, 0.05) is 19.1 Å². The summed E-state index contributed by atoms with van der Waals surface area (Å²) >= 11 is 0. The first-order valence-electron chi connectivity index (χ1n) is 8.54. The molecule has 1 heterocycles. The summed E-state index contributed by atoms with van der Waals surface area (Å²) in [5.74, 6) is 0. The van der Waals surface area contributed by atoms with Gasteiger partial charge in [-0.15, -0.1) is 0 Å². The Balaban J connectivity index is 0. The predicted molar refractivity (Wildman–Crippen MR) is 90.8 cm³/mol. The highest BCUT2D eigenvalue weighted by Crippen LogP contribution is 2.26. The van der Waals surface area contributed by atoms with E-state index in [4.69, 9.17) is 20.7 Å². The molecular weight excluding hydrogens is 284 g/mol. The van der Waals surface area contributed by atoms with Crippen molar-refractivity contribution in [2.75, 3.05) is 26.3 Å². The molecule has 0 radical (unpaired) electrons. The first kappa shape index (κ1) is 24.0. The average Bonchev–Trinajstić information content (AvgIpc) is 3.34. The summed E-state index contributed by atoms with van der Waals surface area (Å²) in [6.45, 7) is 9.48. The number of hydrogen-bond donors (Lipinski definition) is 5. The third-order valence-electron chi connectivity index (χ3n) is 3.46. The Morgan fingerprint density at radius 2 is 1.50 bits per heavy atom. The van der Waals surface area contributed by atoms with Gasteiger partial charge in [0.25, 0.3) is 0 Å². The summed E-state index contributed by atoms with van der Waals surface area (Å²) in [6.07, 6.45) is 4.99.